The molecule has 1 fully saturated rings. The summed E-state index contributed by atoms with van der Waals surface area (Å²) in [6.07, 6.45) is 5.75. The van der Waals surface area contributed by atoms with E-state index in [2.05, 4.69) is 76.9 Å². The summed E-state index contributed by atoms with van der Waals surface area (Å²) in [4.78, 5) is 25.4. The number of hydrogen-bond donors (Lipinski definition) is 1. The minimum absolute atomic E-state index is 0.0148. The van der Waals surface area contributed by atoms with Crippen molar-refractivity contribution in [3.05, 3.63) is 84.2 Å². The van der Waals surface area contributed by atoms with Crippen molar-refractivity contribution in [2.24, 2.45) is 0 Å². The highest BCUT2D eigenvalue weighted by Gasteiger charge is 2.28. The second-order valence-corrected chi connectivity index (χ2v) is 10.5. The third-order valence-electron chi connectivity index (χ3n) is 7.99. The van der Waals surface area contributed by atoms with Crippen LogP contribution in [0.4, 0.5) is 5.82 Å². The first-order chi connectivity index (χ1) is 18.5. The Balaban J connectivity index is 1.28. The number of nitrogen functional groups attached to an aromatic ring is 1. The Kier molecular flexibility index (Phi) is 6.41. The van der Waals surface area contributed by atoms with Gasteiger partial charge in [-0.05, 0) is 49.0 Å². The minimum atomic E-state index is -0.0531. The molecule has 38 heavy (non-hydrogen) atoms. The van der Waals surface area contributed by atoms with Crippen LogP contribution in [0.2, 0.25) is 0 Å². The summed E-state index contributed by atoms with van der Waals surface area (Å²) in [5.41, 5.74) is 13.0. The van der Waals surface area contributed by atoms with Gasteiger partial charge in [-0.2, -0.15) is 5.10 Å². The summed E-state index contributed by atoms with van der Waals surface area (Å²) >= 11 is 0. The summed E-state index contributed by atoms with van der Waals surface area (Å²) in [5, 5.41) is 5.76. The van der Waals surface area contributed by atoms with Gasteiger partial charge < -0.3 is 10.6 Å². The van der Waals surface area contributed by atoms with Crippen molar-refractivity contribution in [2.45, 2.75) is 51.4 Å². The number of rotatable bonds is 5. The smallest absolute Gasteiger partial charge is 0.246 e. The summed E-state index contributed by atoms with van der Waals surface area (Å²) in [6, 6.07) is 17.8. The molecular formula is C30H33N7O. The number of aromatic nitrogens is 4. The molecule has 194 valence electrons. The van der Waals surface area contributed by atoms with Gasteiger partial charge in [-0.25, -0.2) is 14.6 Å². The molecule has 1 amide bonds. The lowest BCUT2D eigenvalue weighted by Crippen LogP contribution is -2.40. The zero-order chi connectivity index (χ0) is 26.2. The first-order valence-electron chi connectivity index (χ1n) is 13.3. The molecule has 0 bridgehead atoms. The van der Waals surface area contributed by atoms with E-state index in [1.54, 1.807) is 0 Å². The van der Waals surface area contributed by atoms with Gasteiger partial charge in [0.1, 0.15) is 17.8 Å². The highest BCUT2D eigenvalue weighted by Crippen LogP contribution is 2.34. The van der Waals surface area contributed by atoms with E-state index >= 15 is 0 Å². The quantitative estimate of drug-likeness (QED) is 0.403. The fourth-order valence-electron chi connectivity index (χ4n) is 5.88. The van der Waals surface area contributed by atoms with Gasteiger partial charge in [0.25, 0.3) is 0 Å². The number of piperidine rings is 1. The lowest BCUT2D eigenvalue weighted by Gasteiger charge is -2.35. The predicted octanol–water partition coefficient (Wildman–Crippen LogP) is 4.37. The van der Waals surface area contributed by atoms with Crippen molar-refractivity contribution in [3.8, 4) is 11.3 Å². The third kappa shape index (κ3) is 4.45. The molecule has 2 unspecified atom stereocenters. The van der Waals surface area contributed by atoms with Crippen molar-refractivity contribution in [1.29, 1.82) is 0 Å². The fourth-order valence-corrected chi connectivity index (χ4v) is 5.88. The Bertz CT molecular complexity index is 1490. The SMILES string of the molecule is C=CC(=O)N1CCCC(n2nc(-c3ccc(CN4Cc5ccccc5CC4C)cc3)c3c(N)ncnc32)C1. The van der Waals surface area contributed by atoms with E-state index in [4.69, 9.17) is 10.8 Å². The van der Waals surface area contributed by atoms with Gasteiger partial charge in [0.05, 0.1) is 11.4 Å². The molecule has 2 atom stereocenters. The van der Waals surface area contributed by atoms with Gasteiger partial charge >= 0.3 is 0 Å². The van der Waals surface area contributed by atoms with E-state index in [1.807, 2.05) is 9.58 Å². The van der Waals surface area contributed by atoms with Crippen LogP contribution < -0.4 is 5.73 Å². The van der Waals surface area contributed by atoms with Crippen LogP contribution in [-0.2, 0) is 24.3 Å². The standard InChI is InChI=1S/C30H33N7O/c1-3-26(38)35-14-6-9-25(18-35)37-30-27(29(31)32-19-33-30)28(34-37)22-12-10-21(11-13-22)16-36-17-24-8-5-4-7-23(24)15-20(36)2/h3-5,7-8,10-13,19-20,25H,1,6,9,14-18H2,2H3,(H2,31,32,33). The highest BCUT2D eigenvalue weighted by atomic mass is 16.2. The van der Waals surface area contributed by atoms with Gasteiger partial charge in [-0.3, -0.25) is 9.69 Å². The van der Waals surface area contributed by atoms with Crippen molar-refractivity contribution >= 4 is 22.8 Å². The summed E-state index contributed by atoms with van der Waals surface area (Å²) in [7, 11) is 0. The Hall–Kier alpha value is -4.04. The molecule has 2 aliphatic heterocycles. The van der Waals surface area contributed by atoms with Gasteiger partial charge in [-0.1, -0.05) is 55.1 Å². The zero-order valence-electron chi connectivity index (χ0n) is 21.8. The molecule has 0 aliphatic carbocycles. The van der Waals surface area contributed by atoms with Crippen LogP contribution in [0.5, 0.6) is 0 Å². The number of carbonyl (C=O) groups is 1. The molecule has 8 heteroatoms. The molecule has 4 aromatic rings. The summed E-state index contributed by atoms with van der Waals surface area (Å²) < 4.78 is 1.94. The predicted molar refractivity (Wildman–Crippen MR) is 149 cm³/mol. The van der Waals surface area contributed by atoms with Crippen LogP contribution in [0.15, 0.2) is 67.5 Å². The summed E-state index contributed by atoms with van der Waals surface area (Å²) in [6.45, 7) is 9.11. The lowest BCUT2D eigenvalue weighted by atomic mass is 9.94. The molecule has 6 rings (SSSR count). The minimum Gasteiger partial charge on any atom is -0.383 e. The maximum Gasteiger partial charge on any atom is 0.246 e. The molecule has 2 aromatic heterocycles. The topological polar surface area (TPSA) is 93.2 Å². The number of hydrogen-bond acceptors (Lipinski definition) is 6. The molecule has 0 saturated carbocycles. The number of nitrogens with zero attached hydrogens (tertiary/aromatic N) is 6. The molecule has 8 nitrogen and oxygen atoms in total. The van der Waals surface area contributed by atoms with Gasteiger partial charge in [0, 0.05) is 37.8 Å². The number of amides is 1. The number of likely N-dealkylation sites (tertiary alicyclic amines) is 1. The normalized spacial score (nSPS) is 19.9. The van der Waals surface area contributed by atoms with E-state index in [1.165, 1.54) is 29.1 Å². The first-order valence-corrected chi connectivity index (χ1v) is 13.3. The largest absolute Gasteiger partial charge is 0.383 e. The van der Waals surface area contributed by atoms with Crippen LogP contribution in [0.1, 0.15) is 42.5 Å². The van der Waals surface area contributed by atoms with Gasteiger partial charge in [0.2, 0.25) is 5.91 Å². The molecule has 2 aliphatic rings. The average Bonchev–Trinajstić information content (AvgIpc) is 3.34. The molecule has 0 spiro atoms. The van der Waals surface area contributed by atoms with Gasteiger partial charge in [-0.15, -0.1) is 0 Å². The number of fused-ring (bicyclic) bond motifs is 2. The first kappa shape index (κ1) is 24.3. The Morgan fingerprint density at radius 2 is 1.92 bits per heavy atom. The Morgan fingerprint density at radius 1 is 1.13 bits per heavy atom. The van der Waals surface area contributed by atoms with Crippen LogP contribution >= 0.6 is 0 Å². The van der Waals surface area contributed by atoms with Crippen molar-refractivity contribution in [3.63, 3.8) is 0 Å². The lowest BCUT2D eigenvalue weighted by molar-refractivity contribution is -0.127. The second kappa shape index (κ2) is 10.0. The van der Waals surface area contributed by atoms with Crippen LogP contribution in [0.3, 0.4) is 0 Å². The molecule has 4 heterocycles. The van der Waals surface area contributed by atoms with E-state index in [0.717, 1.165) is 55.5 Å². The third-order valence-corrected chi connectivity index (χ3v) is 7.99. The Labute approximate surface area is 222 Å². The summed E-state index contributed by atoms with van der Waals surface area (Å²) in [5.74, 6) is 0.360. The van der Waals surface area contributed by atoms with Crippen molar-refractivity contribution in [2.75, 3.05) is 18.8 Å². The highest BCUT2D eigenvalue weighted by molar-refractivity contribution is 5.98. The zero-order valence-corrected chi connectivity index (χ0v) is 21.8. The number of carbonyl (C=O) groups excluding carboxylic acids is 1. The Morgan fingerprint density at radius 3 is 2.71 bits per heavy atom. The van der Waals surface area contributed by atoms with E-state index in [9.17, 15) is 4.79 Å². The van der Waals surface area contributed by atoms with Crippen LogP contribution in [0.25, 0.3) is 22.3 Å². The number of nitrogens with two attached hydrogens (primary N) is 1. The van der Waals surface area contributed by atoms with Gasteiger partial charge in [0.15, 0.2) is 5.65 Å². The monoisotopic (exact) mass is 507 g/mol. The molecule has 0 radical (unpaired) electrons. The van der Waals surface area contributed by atoms with E-state index in [0.29, 0.717) is 24.1 Å². The maximum absolute atomic E-state index is 12.3. The molecule has 2 N–H and O–H groups in total. The molecule has 1 saturated heterocycles. The van der Waals surface area contributed by atoms with E-state index in [-0.39, 0.29) is 11.9 Å². The number of anilines is 1. The van der Waals surface area contributed by atoms with Crippen LogP contribution in [-0.4, -0.2) is 54.6 Å². The molecule has 2 aromatic carbocycles. The molecular weight excluding hydrogens is 474 g/mol. The van der Waals surface area contributed by atoms with Crippen molar-refractivity contribution < 1.29 is 4.79 Å². The number of benzene rings is 2. The average molecular weight is 508 g/mol. The maximum atomic E-state index is 12.3. The van der Waals surface area contributed by atoms with E-state index < -0.39 is 0 Å². The second-order valence-electron chi connectivity index (χ2n) is 10.5. The van der Waals surface area contributed by atoms with Crippen molar-refractivity contribution in [1.82, 2.24) is 29.5 Å². The fraction of sp³-hybridized carbons (Fsp3) is 0.333. The van der Waals surface area contributed by atoms with Crippen LogP contribution in [0, 0.1) is 0 Å².